The van der Waals surface area contributed by atoms with Crippen LogP contribution in [0.25, 0.3) is 0 Å². The van der Waals surface area contributed by atoms with Crippen LogP contribution in [0.15, 0.2) is 24.3 Å². The Morgan fingerprint density at radius 2 is 2.00 bits per heavy atom. The monoisotopic (exact) mass is 275 g/mol. The average molecular weight is 275 g/mol. The largest absolute Gasteiger partial charge is 0.301 e. The zero-order valence-electron chi connectivity index (χ0n) is 11.1. The van der Waals surface area contributed by atoms with E-state index in [0.29, 0.717) is 11.6 Å². The van der Waals surface area contributed by atoms with Crippen LogP contribution in [0.1, 0.15) is 29.5 Å². The number of nitrogens with zero attached hydrogens (tertiary/aromatic N) is 2. The summed E-state index contributed by atoms with van der Waals surface area (Å²) in [5, 5.41) is 12.2. The summed E-state index contributed by atoms with van der Waals surface area (Å²) in [6.07, 6.45) is 2.05. The van der Waals surface area contributed by atoms with Crippen molar-refractivity contribution in [3.8, 4) is 0 Å². The minimum absolute atomic E-state index is 0.0145. The zero-order chi connectivity index (χ0) is 13.7. The molecule has 0 saturated heterocycles. The van der Waals surface area contributed by atoms with Crippen LogP contribution in [0.5, 0.6) is 0 Å². The van der Waals surface area contributed by atoms with Crippen LogP contribution in [0, 0.1) is 6.92 Å². The number of carbonyl (C=O) groups is 1. The summed E-state index contributed by atoms with van der Waals surface area (Å²) in [5.74, 6) is -0.0145. The van der Waals surface area contributed by atoms with Crippen molar-refractivity contribution in [1.29, 1.82) is 0 Å². The van der Waals surface area contributed by atoms with E-state index in [1.807, 2.05) is 6.92 Å². The predicted molar refractivity (Wildman–Crippen MR) is 77.4 cm³/mol. The lowest BCUT2D eigenvalue weighted by atomic mass is 10.1. The molecule has 0 spiro atoms. The van der Waals surface area contributed by atoms with Gasteiger partial charge >= 0.3 is 0 Å². The zero-order valence-corrected chi connectivity index (χ0v) is 12.0. The van der Waals surface area contributed by atoms with Crippen molar-refractivity contribution >= 4 is 22.4 Å². The van der Waals surface area contributed by atoms with Gasteiger partial charge < -0.3 is 5.32 Å². The van der Waals surface area contributed by atoms with E-state index >= 15 is 0 Å². The van der Waals surface area contributed by atoms with Crippen LogP contribution in [-0.2, 0) is 17.6 Å². The molecule has 0 bridgehead atoms. The fourth-order valence-electron chi connectivity index (χ4n) is 1.64. The van der Waals surface area contributed by atoms with Crippen molar-refractivity contribution in [2.24, 2.45) is 0 Å². The number of amides is 1. The maximum absolute atomic E-state index is 11.8. The summed E-state index contributed by atoms with van der Waals surface area (Å²) in [6, 6.07) is 8.24. The van der Waals surface area contributed by atoms with Gasteiger partial charge in [-0.2, -0.15) is 0 Å². The lowest BCUT2D eigenvalue weighted by molar-refractivity contribution is -0.116. The van der Waals surface area contributed by atoms with E-state index in [9.17, 15) is 4.79 Å². The second-order valence-corrected chi connectivity index (χ2v) is 5.45. The SMILES string of the molecule is CCc1nnc(NC(=O)CCc2ccc(C)cc2)s1. The highest BCUT2D eigenvalue weighted by atomic mass is 32.1. The quantitative estimate of drug-likeness (QED) is 0.912. The van der Waals surface area contributed by atoms with Crippen LogP contribution in [-0.4, -0.2) is 16.1 Å². The molecule has 1 amide bonds. The second kappa shape index (κ2) is 6.43. The van der Waals surface area contributed by atoms with Gasteiger partial charge in [-0.3, -0.25) is 4.79 Å². The topological polar surface area (TPSA) is 54.9 Å². The van der Waals surface area contributed by atoms with Gasteiger partial charge in [0.15, 0.2) is 0 Å². The lowest BCUT2D eigenvalue weighted by Gasteiger charge is -2.02. The fraction of sp³-hybridized carbons (Fsp3) is 0.357. The minimum atomic E-state index is -0.0145. The van der Waals surface area contributed by atoms with Crippen molar-refractivity contribution < 1.29 is 4.79 Å². The summed E-state index contributed by atoms with van der Waals surface area (Å²) in [4.78, 5) is 11.8. The number of carbonyl (C=O) groups excluding carboxylic acids is 1. The summed E-state index contributed by atoms with van der Waals surface area (Å²) in [6.45, 7) is 4.07. The number of anilines is 1. The maximum Gasteiger partial charge on any atom is 0.226 e. The normalized spacial score (nSPS) is 10.4. The molecule has 2 rings (SSSR count). The molecule has 5 heteroatoms. The summed E-state index contributed by atoms with van der Waals surface area (Å²) >= 11 is 1.43. The van der Waals surface area contributed by atoms with Crippen LogP contribution in [0.3, 0.4) is 0 Å². The van der Waals surface area contributed by atoms with Crippen LogP contribution in [0.2, 0.25) is 0 Å². The Labute approximate surface area is 116 Å². The van der Waals surface area contributed by atoms with Gasteiger partial charge in [-0.15, -0.1) is 10.2 Å². The Balaban J connectivity index is 1.82. The molecule has 0 fully saturated rings. The Kier molecular flexibility index (Phi) is 4.63. The van der Waals surface area contributed by atoms with E-state index in [4.69, 9.17) is 0 Å². The number of hydrogen-bond donors (Lipinski definition) is 1. The number of hydrogen-bond acceptors (Lipinski definition) is 4. The first kappa shape index (κ1) is 13.7. The van der Waals surface area contributed by atoms with E-state index in [-0.39, 0.29) is 5.91 Å². The average Bonchev–Trinajstić information content (AvgIpc) is 2.86. The molecule has 4 nitrogen and oxygen atoms in total. The van der Waals surface area contributed by atoms with Crippen molar-refractivity contribution in [3.05, 3.63) is 40.4 Å². The molecular weight excluding hydrogens is 258 g/mol. The molecule has 0 aliphatic rings. The molecule has 100 valence electrons. The second-order valence-electron chi connectivity index (χ2n) is 4.39. The molecule has 19 heavy (non-hydrogen) atoms. The standard InChI is InChI=1S/C14H17N3OS/c1-3-13-16-17-14(19-13)15-12(18)9-8-11-6-4-10(2)5-7-11/h4-7H,3,8-9H2,1-2H3,(H,15,17,18). The highest BCUT2D eigenvalue weighted by Gasteiger charge is 2.07. The third-order valence-corrected chi connectivity index (χ3v) is 3.76. The Bertz CT molecular complexity index is 548. The van der Waals surface area contributed by atoms with Crippen molar-refractivity contribution in [2.75, 3.05) is 5.32 Å². The molecule has 0 atom stereocenters. The first-order valence-electron chi connectivity index (χ1n) is 6.35. The van der Waals surface area contributed by atoms with Crippen molar-refractivity contribution in [2.45, 2.75) is 33.1 Å². The van der Waals surface area contributed by atoms with E-state index < -0.39 is 0 Å². The molecule has 1 N–H and O–H groups in total. The Hall–Kier alpha value is -1.75. The molecule has 1 aromatic heterocycles. The number of nitrogens with one attached hydrogen (secondary N) is 1. The summed E-state index contributed by atoms with van der Waals surface area (Å²) < 4.78 is 0. The molecule has 0 aliphatic carbocycles. The minimum Gasteiger partial charge on any atom is -0.301 e. The number of aromatic nitrogens is 2. The number of rotatable bonds is 5. The molecule has 0 radical (unpaired) electrons. The predicted octanol–water partition coefficient (Wildman–Crippen LogP) is 2.98. The van der Waals surface area contributed by atoms with E-state index in [1.54, 1.807) is 0 Å². The summed E-state index contributed by atoms with van der Waals surface area (Å²) in [5.41, 5.74) is 2.40. The van der Waals surface area contributed by atoms with Gasteiger partial charge in [0.05, 0.1) is 0 Å². The third-order valence-electron chi connectivity index (χ3n) is 2.78. The molecule has 0 saturated carbocycles. The third kappa shape index (κ3) is 4.13. The van der Waals surface area contributed by atoms with E-state index in [2.05, 4.69) is 46.7 Å². The van der Waals surface area contributed by atoms with Crippen molar-refractivity contribution in [3.63, 3.8) is 0 Å². The highest BCUT2D eigenvalue weighted by molar-refractivity contribution is 7.15. The van der Waals surface area contributed by atoms with Gasteiger partial charge in [-0.1, -0.05) is 48.1 Å². The highest BCUT2D eigenvalue weighted by Crippen LogP contribution is 2.15. The molecule has 0 unspecified atom stereocenters. The van der Waals surface area contributed by atoms with Crippen LogP contribution in [0.4, 0.5) is 5.13 Å². The van der Waals surface area contributed by atoms with Gasteiger partial charge in [0.1, 0.15) is 5.01 Å². The molecular formula is C14H17N3OS. The summed E-state index contributed by atoms with van der Waals surface area (Å²) in [7, 11) is 0. The van der Waals surface area contributed by atoms with E-state index in [0.717, 1.165) is 17.8 Å². The number of aryl methyl sites for hydroxylation is 3. The Morgan fingerprint density at radius 1 is 1.26 bits per heavy atom. The smallest absolute Gasteiger partial charge is 0.226 e. The van der Waals surface area contributed by atoms with Gasteiger partial charge in [-0.05, 0) is 25.3 Å². The first-order chi connectivity index (χ1) is 9.17. The maximum atomic E-state index is 11.8. The lowest BCUT2D eigenvalue weighted by Crippen LogP contribution is -2.12. The van der Waals surface area contributed by atoms with Crippen molar-refractivity contribution in [1.82, 2.24) is 10.2 Å². The van der Waals surface area contributed by atoms with Gasteiger partial charge in [-0.25, -0.2) is 0 Å². The number of benzene rings is 1. The molecule has 0 aliphatic heterocycles. The van der Waals surface area contributed by atoms with E-state index in [1.165, 1.54) is 22.5 Å². The van der Waals surface area contributed by atoms with Gasteiger partial charge in [0, 0.05) is 6.42 Å². The van der Waals surface area contributed by atoms with Gasteiger partial charge in [0.2, 0.25) is 11.0 Å². The molecule has 1 aromatic carbocycles. The molecule has 2 aromatic rings. The van der Waals surface area contributed by atoms with Gasteiger partial charge in [0.25, 0.3) is 0 Å². The first-order valence-corrected chi connectivity index (χ1v) is 7.17. The van der Waals surface area contributed by atoms with Crippen LogP contribution >= 0.6 is 11.3 Å². The molecule has 1 heterocycles. The van der Waals surface area contributed by atoms with Crippen LogP contribution < -0.4 is 5.32 Å². The fourth-order valence-corrected chi connectivity index (χ4v) is 2.34. The Morgan fingerprint density at radius 3 is 2.63 bits per heavy atom.